The number of carbonyl (C=O) groups excluding carboxylic acids is 1. The van der Waals surface area contributed by atoms with E-state index in [0.29, 0.717) is 12.2 Å². The molecule has 2 aromatic carbocycles. The normalized spacial score (nSPS) is 11.7. The molecule has 0 heterocycles. The van der Waals surface area contributed by atoms with Crippen molar-refractivity contribution in [1.82, 2.24) is 0 Å². The van der Waals surface area contributed by atoms with Crippen molar-refractivity contribution in [2.75, 3.05) is 6.61 Å². The van der Waals surface area contributed by atoms with Crippen LogP contribution in [0.4, 0.5) is 0 Å². The van der Waals surface area contributed by atoms with Gasteiger partial charge < -0.3 is 9.84 Å². The fraction of sp³-hybridized carbons (Fsp3) is 0.190. The number of aromatic hydroxyl groups is 1. The third-order valence-corrected chi connectivity index (χ3v) is 3.47. The van der Waals surface area contributed by atoms with Crippen molar-refractivity contribution in [2.24, 2.45) is 0 Å². The molecule has 0 aliphatic carbocycles. The van der Waals surface area contributed by atoms with Gasteiger partial charge in [0, 0.05) is 5.56 Å². The van der Waals surface area contributed by atoms with Crippen LogP contribution in [-0.4, -0.2) is 17.7 Å². The van der Waals surface area contributed by atoms with Gasteiger partial charge in [0.1, 0.15) is 5.75 Å². The Hall–Kier alpha value is -2.81. The second kappa shape index (κ2) is 8.73. The SMILES string of the molecule is CCOC(=O)CC(/C=C/c1ccccc1)=C\c1cc(C)ccc1O. The first-order chi connectivity index (χ1) is 11.6. The van der Waals surface area contributed by atoms with E-state index in [0.717, 1.165) is 16.7 Å². The molecule has 0 atom stereocenters. The van der Waals surface area contributed by atoms with Crippen LogP contribution in [0.3, 0.4) is 0 Å². The van der Waals surface area contributed by atoms with Crippen LogP contribution in [0, 0.1) is 6.92 Å². The van der Waals surface area contributed by atoms with Gasteiger partial charge in [-0.3, -0.25) is 4.79 Å². The highest BCUT2D eigenvalue weighted by Crippen LogP contribution is 2.23. The van der Waals surface area contributed by atoms with E-state index in [1.54, 1.807) is 13.0 Å². The molecule has 0 aliphatic rings. The molecular formula is C21H22O3. The summed E-state index contributed by atoms with van der Waals surface area (Å²) in [7, 11) is 0. The van der Waals surface area contributed by atoms with Gasteiger partial charge in [0.15, 0.2) is 0 Å². The molecule has 0 bridgehead atoms. The topological polar surface area (TPSA) is 46.5 Å². The molecule has 2 rings (SSSR count). The summed E-state index contributed by atoms with van der Waals surface area (Å²) in [5.41, 5.74) is 3.55. The highest BCUT2D eigenvalue weighted by Gasteiger charge is 2.07. The zero-order valence-electron chi connectivity index (χ0n) is 14.0. The fourth-order valence-corrected chi connectivity index (χ4v) is 2.29. The number of benzene rings is 2. The lowest BCUT2D eigenvalue weighted by atomic mass is 10.0. The van der Waals surface area contributed by atoms with Crippen molar-refractivity contribution in [3.63, 3.8) is 0 Å². The lowest BCUT2D eigenvalue weighted by molar-refractivity contribution is -0.142. The van der Waals surface area contributed by atoms with Gasteiger partial charge in [-0.15, -0.1) is 0 Å². The molecule has 0 saturated carbocycles. The second-order valence-corrected chi connectivity index (χ2v) is 5.51. The summed E-state index contributed by atoms with van der Waals surface area (Å²) in [6.45, 7) is 4.10. The van der Waals surface area contributed by atoms with Crippen LogP contribution in [0.5, 0.6) is 5.75 Å². The minimum absolute atomic E-state index is 0.157. The first-order valence-electron chi connectivity index (χ1n) is 7.97. The van der Waals surface area contributed by atoms with Gasteiger partial charge in [-0.05, 0) is 43.2 Å². The highest BCUT2D eigenvalue weighted by molar-refractivity contribution is 5.78. The number of esters is 1. The van der Waals surface area contributed by atoms with Gasteiger partial charge in [-0.1, -0.05) is 54.1 Å². The van der Waals surface area contributed by atoms with E-state index in [1.165, 1.54) is 0 Å². The van der Waals surface area contributed by atoms with Crippen molar-refractivity contribution in [3.8, 4) is 5.75 Å². The summed E-state index contributed by atoms with van der Waals surface area (Å²) in [4.78, 5) is 11.8. The summed E-state index contributed by atoms with van der Waals surface area (Å²) in [6.07, 6.45) is 5.80. The monoisotopic (exact) mass is 322 g/mol. The van der Waals surface area contributed by atoms with Gasteiger partial charge in [-0.25, -0.2) is 0 Å². The zero-order valence-corrected chi connectivity index (χ0v) is 14.0. The quantitative estimate of drug-likeness (QED) is 0.616. The zero-order chi connectivity index (χ0) is 17.4. The van der Waals surface area contributed by atoms with Gasteiger partial charge in [-0.2, -0.15) is 0 Å². The van der Waals surface area contributed by atoms with E-state index in [2.05, 4.69) is 0 Å². The molecule has 0 unspecified atom stereocenters. The average Bonchev–Trinajstić information content (AvgIpc) is 2.57. The Morgan fingerprint density at radius 3 is 2.62 bits per heavy atom. The molecule has 1 N–H and O–H groups in total. The Labute approximate surface area is 142 Å². The van der Waals surface area contributed by atoms with Crippen LogP contribution in [-0.2, 0) is 9.53 Å². The number of rotatable bonds is 6. The van der Waals surface area contributed by atoms with Crippen LogP contribution in [0.2, 0.25) is 0 Å². The fourth-order valence-electron chi connectivity index (χ4n) is 2.29. The lowest BCUT2D eigenvalue weighted by Gasteiger charge is -2.06. The smallest absolute Gasteiger partial charge is 0.310 e. The molecule has 0 saturated heterocycles. The van der Waals surface area contributed by atoms with Gasteiger partial charge in [0.25, 0.3) is 0 Å². The largest absolute Gasteiger partial charge is 0.507 e. The molecular weight excluding hydrogens is 300 g/mol. The Balaban J connectivity index is 2.31. The van der Waals surface area contributed by atoms with Crippen LogP contribution in [0.15, 0.2) is 60.2 Å². The summed E-state index contributed by atoms with van der Waals surface area (Å²) < 4.78 is 5.04. The number of phenolic OH excluding ortho intramolecular Hbond substituents is 1. The Morgan fingerprint density at radius 2 is 1.92 bits per heavy atom. The van der Waals surface area contributed by atoms with E-state index < -0.39 is 0 Å². The Morgan fingerprint density at radius 1 is 1.17 bits per heavy atom. The van der Waals surface area contributed by atoms with Crippen molar-refractivity contribution in [2.45, 2.75) is 20.3 Å². The molecule has 0 spiro atoms. The standard InChI is InChI=1S/C21H22O3/c1-3-24-21(23)15-18(11-10-17-7-5-4-6-8-17)14-19-13-16(2)9-12-20(19)22/h4-14,22H,3,15H2,1-2H3/b11-10+,18-14-. The number of ether oxygens (including phenoxy) is 1. The third-order valence-electron chi connectivity index (χ3n) is 3.47. The van der Waals surface area contributed by atoms with Crippen molar-refractivity contribution in [3.05, 3.63) is 76.9 Å². The number of allylic oxidation sites excluding steroid dienone is 1. The molecule has 2 aromatic rings. The van der Waals surface area contributed by atoms with Crippen LogP contribution in [0.25, 0.3) is 12.2 Å². The van der Waals surface area contributed by atoms with Crippen LogP contribution >= 0.6 is 0 Å². The van der Waals surface area contributed by atoms with Crippen molar-refractivity contribution < 1.29 is 14.6 Å². The average molecular weight is 322 g/mol. The minimum atomic E-state index is -0.284. The molecule has 0 aromatic heterocycles. The van der Waals surface area contributed by atoms with Crippen LogP contribution < -0.4 is 0 Å². The Bertz CT molecular complexity index is 743. The highest BCUT2D eigenvalue weighted by atomic mass is 16.5. The van der Waals surface area contributed by atoms with Crippen LogP contribution in [0.1, 0.15) is 30.0 Å². The minimum Gasteiger partial charge on any atom is -0.507 e. The van der Waals surface area contributed by atoms with E-state index in [1.807, 2.05) is 67.6 Å². The van der Waals surface area contributed by atoms with Gasteiger partial charge in [0.05, 0.1) is 13.0 Å². The molecule has 0 amide bonds. The Kier molecular flexibility index (Phi) is 6.38. The number of carbonyl (C=O) groups is 1. The number of hydrogen-bond donors (Lipinski definition) is 1. The molecule has 124 valence electrons. The van der Waals surface area contributed by atoms with Gasteiger partial charge in [0.2, 0.25) is 0 Å². The van der Waals surface area contributed by atoms with Crippen molar-refractivity contribution >= 4 is 18.1 Å². The molecule has 24 heavy (non-hydrogen) atoms. The first-order valence-corrected chi connectivity index (χ1v) is 7.97. The first kappa shape index (κ1) is 17.5. The third kappa shape index (κ3) is 5.43. The maximum atomic E-state index is 11.8. The summed E-state index contributed by atoms with van der Waals surface area (Å²) >= 11 is 0. The predicted molar refractivity (Wildman–Crippen MR) is 97.5 cm³/mol. The summed E-state index contributed by atoms with van der Waals surface area (Å²) in [5, 5.41) is 10.0. The summed E-state index contributed by atoms with van der Waals surface area (Å²) in [6, 6.07) is 15.2. The van der Waals surface area contributed by atoms with E-state index >= 15 is 0 Å². The van der Waals surface area contributed by atoms with E-state index in [9.17, 15) is 9.90 Å². The molecule has 0 fully saturated rings. The number of hydrogen-bond acceptors (Lipinski definition) is 3. The maximum absolute atomic E-state index is 11.8. The molecule has 3 nitrogen and oxygen atoms in total. The molecule has 3 heteroatoms. The molecule has 0 radical (unpaired) electrons. The number of aryl methyl sites for hydroxylation is 1. The second-order valence-electron chi connectivity index (χ2n) is 5.51. The predicted octanol–water partition coefficient (Wildman–Crippen LogP) is 4.75. The van der Waals surface area contributed by atoms with Gasteiger partial charge >= 0.3 is 5.97 Å². The maximum Gasteiger partial charge on any atom is 0.310 e. The van der Waals surface area contributed by atoms with Crippen molar-refractivity contribution in [1.29, 1.82) is 0 Å². The molecule has 0 aliphatic heterocycles. The summed E-state index contributed by atoms with van der Waals surface area (Å²) in [5.74, 6) is -0.0938. The van der Waals surface area contributed by atoms with E-state index in [4.69, 9.17) is 4.74 Å². The van der Waals surface area contributed by atoms with E-state index in [-0.39, 0.29) is 18.1 Å². The number of phenols is 1. The lowest BCUT2D eigenvalue weighted by Crippen LogP contribution is -2.04.